The van der Waals surface area contributed by atoms with Gasteiger partial charge in [0.2, 0.25) is 5.89 Å². The third kappa shape index (κ3) is 5.84. The van der Waals surface area contributed by atoms with E-state index < -0.39 is 6.10 Å². The summed E-state index contributed by atoms with van der Waals surface area (Å²) in [6.07, 6.45) is 0.928. The molecule has 0 fully saturated rings. The molecule has 1 aromatic heterocycles. The molecule has 0 radical (unpaired) electrons. The Morgan fingerprint density at radius 3 is 2.73 bits per heavy atom. The normalized spacial score (nSPS) is 12.5. The molecule has 0 bridgehead atoms. The number of aryl methyl sites for hydroxylation is 1. The molecule has 7 nitrogen and oxygen atoms in total. The van der Waals surface area contributed by atoms with Crippen LogP contribution in [-0.2, 0) is 6.54 Å². The number of guanidine groups is 1. The minimum Gasteiger partial charge on any atom is -0.497 e. The second-order valence-electron chi connectivity index (χ2n) is 6.88. The van der Waals surface area contributed by atoms with Crippen LogP contribution in [-0.4, -0.2) is 36.2 Å². The van der Waals surface area contributed by atoms with Crippen molar-refractivity contribution in [1.82, 2.24) is 15.6 Å². The van der Waals surface area contributed by atoms with Crippen LogP contribution in [0.25, 0.3) is 11.5 Å². The summed E-state index contributed by atoms with van der Waals surface area (Å²) in [5.74, 6) is 1.88. The standard InChI is InChI=1S/C23H28N4O3/c1-4-24-23(26-14-21(28)18-6-5-7-20(12-18)29-3)25-13-19-15-30-22(27-19)17-10-8-16(2)9-11-17/h5-12,15,21,28H,4,13-14H2,1-3H3,(H2,24,25,26). The first-order valence-corrected chi connectivity index (χ1v) is 9.94. The molecular formula is C23H28N4O3. The second-order valence-corrected chi connectivity index (χ2v) is 6.88. The van der Waals surface area contributed by atoms with Crippen molar-refractivity contribution < 1.29 is 14.3 Å². The maximum atomic E-state index is 10.5. The van der Waals surface area contributed by atoms with Crippen LogP contribution in [0.3, 0.4) is 0 Å². The lowest BCUT2D eigenvalue weighted by atomic mass is 10.1. The Bertz CT molecular complexity index is 967. The molecule has 3 aromatic rings. The lowest BCUT2D eigenvalue weighted by Crippen LogP contribution is -2.39. The molecule has 3 rings (SSSR count). The number of aliphatic hydroxyl groups is 1. The van der Waals surface area contributed by atoms with E-state index in [0.29, 0.717) is 37.2 Å². The number of aromatic nitrogens is 1. The Balaban J connectivity index is 1.61. The number of benzene rings is 2. The van der Waals surface area contributed by atoms with Crippen molar-refractivity contribution in [2.75, 3.05) is 20.2 Å². The number of aliphatic imine (C=N–C) groups is 1. The van der Waals surface area contributed by atoms with Gasteiger partial charge in [0.25, 0.3) is 0 Å². The van der Waals surface area contributed by atoms with Crippen molar-refractivity contribution >= 4 is 5.96 Å². The number of rotatable bonds is 8. The van der Waals surface area contributed by atoms with Crippen molar-refractivity contribution in [3.05, 3.63) is 71.6 Å². The van der Waals surface area contributed by atoms with Gasteiger partial charge in [-0.25, -0.2) is 9.98 Å². The third-order valence-corrected chi connectivity index (χ3v) is 4.54. The maximum Gasteiger partial charge on any atom is 0.226 e. The molecule has 0 saturated carbocycles. The molecule has 0 amide bonds. The zero-order valence-electron chi connectivity index (χ0n) is 17.6. The van der Waals surface area contributed by atoms with E-state index >= 15 is 0 Å². The van der Waals surface area contributed by atoms with Gasteiger partial charge in [0.05, 0.1) is 19.8 Å². The lowest BCUT2D eigenvalue weighted by molar-refractivity contribution is 0.180. The molecule has 1 unspecified atom stereocenters. The van der Waals surface area contributed by atoms with Gasteiger partial charge in [0.1, 0.15) is 17.7 Å². The van der Waals surface area contributed by atoms with Crippen LogP contribution in [0.2, 0.25) is 0 Å². The number of ether oxygens (including phenoxy) is 1. The molecule has 158 valence electrons. The molecular weight excluding hydrogens is 380 g/mol. The van der Waals surface area contributed by atoms with E-state index in [2.05, 4.69) is 20.6 Å². The first kappa shape index (κ1) is 21.4. The molecule has 0 saturated heterocycles. The number of hydrogen-bond donors (Lipinski definition) is 3. The molecule has 1 atom stereocenters. The van der Waals surface area contributed by atoms with Gasteiger partial charge in [-0.1, -0.05) is 29.8 Å². The van der Waals surface area contributed by atoms with Gasteiger partial charge in [-0.05, 0) is 43.7 Å². The Labute approximate surface area is 176 Å². The average molecular weight is 409 g/mol. The highest BCUT2D eigenvalue weighted by Gasteiger charge is 2.10. The third-order valence-electron chi connectivity index (χ3n) is 4.54. The quantitative estimate of drug-likeness (QED) is 0.391. The van der Waals surface area contributed by atoms with Crippen LogP contribution in [0.5, 0.6) is 5.75 Å². The van der Waals surface area contributed by atoms with Crippen LogP contribution >= 0.6 is 0 Å². The van der Waals surface area contributed by atoms with E-state index in [-0.39, 0.29) is 0 Å². The number of hydrogen-bond acceptors (Lipinski definition) is 5. The fourth-order valence-electron chi connectivity index (χ4n) is 2.87. The molecule has 30 heavy (non-hydrogen) atoms. The largest absolute Gasteiger partial charge is 0.497 e. The monoisotopic (exact) mass is 408 g/mol. The van der Waals surface area contributed by atoms with Crippen LogP contribution in [0.1, 0.15) is 29.8 Å². The van der Waals surface area contributed by atoms with Gasteiger partial charge in [0.15, 0.2) is 5.96 Å². The highest BCUT2D eigenvalue weighted by Crippen LogP contribution is 2.20. The average Bonchev–Trinajstić information content (AvgIpc) is 3.25. The summed E-state index contributed by atoms with van der Waals surface area (Å²) in [7, 11) is 1.60. The van der Waals surface area contributed by atoms with E-state index in [0.717, 1.165) is 16.8 Å². The summed E-state index contributed by atoms with van der Waals surface area (Å²) in [6, 6.07) is 15.4. The first-order valence-electron chi connectivity index (χ1n) is 9.94. The van der Waals surface area contributed by atoms with Gasteiger partial charge in [-0.15, -0.1) is 0 Å². The van der Waals surface area contributed by atoms with Crippen LogP contribution in [0, 0.1) is 6.92 Å². The molecule has 0 aliphatic carbocycles. The van der Waals surface area contributed by atoms with Gasteiger partial charge in [-0.3, -0.25) is 0 Å². The Morgan fingerprint density at radius 2 is 2.00 bits per heavy atom. The van der Waals surface area contributed by atoms with Gasteiger partial charge in [-0.2, -0.15) is 0 Å². The molecule has 7 heteroatoms. The Kier molecular flexibility index (Phi) is 7.45. The Morgan fingerprint density at radius 1 is 1.20 bits per heavy atom. The highest BCUT2D eigenvalue weighted by atomic mass is 16.5. The number of aliphatic hydroxyl groups excluding tert-OH is 1. The molecule has 0 aliphatic rings. The van der Waals surface area contributed by atoms with Crippen LogP contribution in [0.15, 0.2) is 64.2 Å². The fourth-order valence-corrected chi connectivity index (χ4v) is 2.87. The van der Waals surface area contributed by atoms with Crippen molar-refractivity contribution in [2.24, 2.45) is 4.99 Å². The molecule has 3 N–H and O–H groups in total. The predicted octanol–water partition coefficient (Wildman–Crippen LogP) is 3.45. The number of nitrogens with zero attached hydrogens (tertiary/aromatic N) is 2. The fraction of sp³-hybridized carbons (Fsp3) is 0.304. The zero-order valence-corrected chi connectivity index (χ0v) is 17.6. The zero-order chi connectivity index (χ0) is 21.3. The van der Waals surface area contributed by atoms with Crippen molar-refractivity contribution in [1.29, 1.82) is 0 Å². The van der Waals surface area contributed by atoms with E-state index in [9.17, 15) is 5.11 Å². The summed E-state index contributed by atoms with van der Waals surface area (Å²) in [5, 5.41) is 16.8. The van der Waals surface area contributed by atoms with Gasteiger partial charge in [0, 0.05) is 18.7 Å². The summed E-state index contributed by atoms with van der Waals surface area (Å²) in [6.45, 7) is 5.40. The van der Waals surface area contributed by atoms with Crippen molar-refractivity contribution in [2.45, 2.75) is 26.5 Å². The van der Waals surface area contributed by atoms with Gasteiger partial charge >= 0.3 is 0 Å². The summed E-state index contributed by atoms with van der Waals surface area (Å²) in [4.78, 5) is 9.05. The van der Waals surface area contributed by atoms with Crippen LogP contribution in [0.4, 0.5) is 0 Å². The summed E-state index contributed by atoms with van der Waals surface area (Å²) >= 11 is 0. The lowest BCUT2D eigenvalue weighted by Gasteiger charge is -2.16. The maximum absolute atomic E-state index is 10.5. The minimum absolute atomic E-state index is 0.312. The highest BCUT2D eigenvalue weighted by molar-refractivity contribution is 5.79. The number of nitrogens with one attached hydrogen (secondary N) is 2. The second kappa shape index (κ2) is 10.5. The molecule has 2 aromatic carbocycles. The molecule has 0 aliphatic heterocycles. The molecule has 1 heterocycles. The van der Waals surface area contributed by atoms with Gasteiger partial charge < -0.3 is 24.9 Å². The van der Waals surface area contributed by atoms with Crippen molar-refractivity contribution in [3.63, 3.8) is 0 Å². The van der Waals surface area contributed by atoms with Crippen LogP contribution < -0.4 is 15.4 Å². The topological polar surface area (TPSA) is 91.9 Å². The van der Waals surface area contributed by atoms with Crippen molar-refractivity contribution in [3.8, 4) is 17.2 Å². The summed E-state index contributed by atoms with van der Waals surface area (Å²) < 4.78 is 10.8. The number of oxazole rings is 1. The summed E-state index contributed by atoms with van der Waals surface area (Å²) in [5.41, 5.74) is 3.63. The smallest absolute Gasteiger partial charge is 0.226 e. The number of methoxy groups -OCH3 is 1. The minimum atomic E-state index is -0.691. The Hall–Kier alpha value is -3.32. The van der Waals surface area contributed by atoms with E-state index in [4.69, 9.17) is 9.15 Å². The SMILES string of the molecule is CCNC(=NCc1coc(-c2ccc(C)cc2)n1)NCC(O)c1cccc(OC)c1. The van der Waals surface area contributed by atoms with E-state index in [1.165, 1.54) is 5.56 Å². The van der Waals surface area contributed by atoms with E-state index in [1.807, 2.05) is 62.4 Å². The van der Waals surface area contributed by atoms with E-state index in [1.54, 1.807) is 13.4 Å². The molecule has 0 spiro atoms. The predicted molar refractivity (Wildman–Crippen MR) is 117 cm³/mol. The first-order chi connectivity index (χ1) is 14.6.